The molecular weight excluding hydrogens is 281 g/mol. The Labute approximate surface area is 121 Å². The molecule has 0 aliphatic heterocycles. The molecular formula is C14H17F3N4. The first-order chi connectivity index (χ1) is 10.1. The van der Waals surface area contributed by atoms with E-state index in [4.69, 9.17) is 0 Å². The predicted molar refractivity (Wildman–Crippen MR) is 72.1 cm³/mol. The van der Waals surface area contributed by atoms with Gasteiger partial charge in [0.2, 0.25) is 0 Å². The molecule has 0 aliphatic rings. The first-order valence-corrected chi connectivity index (χ1v) is 6.84. The molecule has 0 saturated heterocycles. The first kappa shape index (κ1) is 15.5. The van der Waals surface area contributed by atoms with Crippen molar-refractivity contribution in [3.63, 3.8) is 0 Å². The molecule has 0 amide bonds. The van der Waals surface area contributed by atoms with Crippen molar-refractivity contribution in [3.05, 3.63) is 47.0 Å². The second-order valence-electron chi connectivity index (χ2n) is 4.67. The number of nitrogens with one attached hydrogen (secondary N) is 1. The summed E-state index contributed by atoms with van der Waals surface area (Å²) in [7, 11) is 0. The van der Waals surface area contributed by atoms with Crippen LogP contribution in [0.4, 0.5) is 13.2 Å². The molecule has 2 rings (SSSR count). The fraction of sp³-hybridized carbons (Fsp3) is 0.429. The molecule has 2 aromatic rings. The maximum absolute atomic E-state index is 13.5. The van der Waals surface area contributed by atoms with Gasteiger partial charge in [-0.25, -0.2) is 17.9 Å². The summed E-state index contributed by atoms with van der Waals surface area (Å²) in [5.74, 6) is -3.88. The van der Waals surface area contributed by atoms with Gasteiger partial charge in [-0.05, 0) is 30.7 Å². The second kappa shape index (κ2) is 6.71. The average Bonchev–Trinajstić information content (AvgIpc) is 2.90. The monoisotopic (exact) mass is 298 g/mol. The number of hydrogen-bond acceptors (Lipinski definition) is 3. The Morgan fingerprint density at radius 1 is 1.19 bits per heavy atom. The molecule has 0 fully saturated rings. The molecule has 0 bridgehead atoms. The van der Waals surface area contributed by atoms with Crippen molar-refractivity contribution in [3.8, 4) is 0 Å². The molecule has 0 saturated carbocycles. The van der Waals surface area contributed by atoms with Crippen molar-refractivity contribution in [1.82, 2.24) is 20.3 Å². The fourth-order valence-corrected chi connectivity index (χ4v) is 2.21. The van der Waals surface area contributed by atoms with Crippen LogP contribution in [0.2, 0.25) is 0 Å². The summed E-state index contributed by atoms with van der Waals surface area (Å²) >= 11 is 0. The van der Waals surface area contributed by atoms with Gasteiger partial charge in [-0.2, -0.15) is 0 Å². The minimum Gasteiger partial charge on any atom is -0.305 e. The summed E-state index contributed by atoms with van der Waals surface area (Å²) in [6.45, 7) is 5.08. The van der Waals surface area contributed by atoms with Gasteiger partial charge in [0, 0.05) is 6.54 Å². The van der Waals surface area contributed by atoms with Gasteiger partial charge in [0.15, 0.2) is 17.5 Å². The van der Waals surface area contributed by atoms with Crippen LogP contribution in [0.25, 0.3) is 0 Å². The third-order valence-corrected chi connectivity index (χ3v) is 3.13. The molecule has 0 aliphatic carbocycles. The number of halogens is 3. The SMILES string of the molecule is CCCn1nncc1C(NCC)c1cc(F)c(F)c(F)c1. The molecule has 114 valence electrons. The van der Waals surface area contributed by atoms with E-state index in [1.165, 1.54) is 0 Å². The zero-order chi connectivity index (χ0) is 15.4. The van der Waals surface area contributed by atoms with E-state index in [-0.39, 0.29) is 0 Å². The zero-order valence-electron chi connectivity index (χ0n) is 11.9. The highest BCUT2D eigenvalue weighted by Gasteiger charge is 2.21. The van der Waals surface area contributed by atoms with Crippen LogP contribution in [0.1, 0.15) is 37.6 Å². The van der Waals surface area contributed by atoms with E-state index < -0.39 is 23.5 Å². The molecule has 1 aromatic carbocycles. The van der Waals surface area contributed by atoms with Gasteiger partial charge in [0.1, 0.15) is 0 Å². The van der Waals surface area contributed by atoms with Crippen molar-refractivity contribution >= 4 is 0 Å². The van der Waals surface area contributed by atoms with Gasteiger partial charge >= 0.3 is 0 Å². The van der Waals surface area contributed by atoms with Gasteiger partial charge in [-0.1, -0.05) is 19.1 Å². The summed E-state index contributed by atoms with van der Waals surface area (Å²) < 4.78 is 41.7. The molecule has 1 aromatic heterocycles. The number of aromatic nitrogens is 3. The number of aryl methyl sites for hydroxylation is 1. The van der Waals surface area contributed by atoms with Crippen LogP contribution in [-0.2, 0) is 6.54 Å². The molecule has 1 N–H and O–H groups in total. The standard InChI is InChI=1S/C14H17F3N4/c1-3-5-21-12(8-19-20-21)14(18-4-2)9-6-10(15)13(17)11(16)7-9/h6-8,14,18H,3-5H2,1-2H3. The van der Waals surface area contributed by atoms with Crippen molar-refractivity contribution in [2.75, 3.05) is 6.54 Å². The topological polar surface area (TPSA) is 42.7 Å². The quantitative estimate of drug-likeness (QED) is 0.834. The van der Waals surface area contributed by atoms with Crippen molar-refractivity contribution in [2.24, 2.45) is 0 Å². The normalized spacial score (nSPS) is 12.6. The Balaban J connectivity index is 2.45. The van der Waals surface area contributed by atoms with Crippen LogP contribution in [-0.4, -0.2) is 21.5 Å². The van der Waals surface area contributed by atoms with Gasteiger partial charge in [-0.15, -0.1) is 5.10 Å². The van der Waals surface area contributed by atoms with Crippen molar-refractivity contribution in [1.29, 1.82) is 0 Å². The lowest BCUT2D eigenvalue weighted by Crippen LogP contribution is -2.25. The lowest BCUT2D eigenvalue weighted by molar-refractivity contribution is 0.440. The minimum atomic E-state index is -1.46. The summed E-state index contributed by atoms with van der Waals surface area (Å²) in [6.07, 6.45) is 2.39. The lowest BCUT2D eigenvalue weighted by Gasteiger charge is -2.19. The highest BCUT2D eigenvalue weighted by molar-refractivity contribution is 5.28. The van der Waals surface area contributed by atoms with Crippen LogP contribution in [0.3, 0.4) is 0 Å². The Morgan fingerprint density at radius 2 is 1.86 bits per heavy atom. The predicted octanol–water partition coefficient (Wildman–Crippen LogP) is 2.80. The Bertz CT molecular complexity index is 589. The first-order valence-electron chi connectivity index (χ1n) is 6.84. The second-order valence-corrected chi connectivity index (χ2v) is 4.67. The van der Waals surface area contributed by atoms with Crippen LogP contribution < -0.4 is 5.32 Å². The Kier molecular flexibility index (Phi) is 4.95. The fourth-order valence-electron chi connectivity index (χ4n) is 2.21. The van der Waals surface area contributed by atoms with E-state index in [9.17, 15) is 13.2 Å². The van der Waals surface area contributed by atoms with E-state index in [1.807, 2.05) is 13.8 Å². The average molecular weight is 298 g/mol. The van der Waals surface area contributed by atoms with Gasteiger partial charge in [0.25, 0.3) is 0 Å². The summed E-state index contributed by atoms with van der Waals surface area (Å²) in [4.78, 5) is 0. The summed E-state index contributed by atoms with van der Waals surface area (Å²) in [5.41, 5.74) is 0.983. The molecule has 4 nitrogen and oxygen atoms in total. The van der Waals surface area contributed by atoms with Gasteiger partial charge in [0.05, 0.1) is 17.9 Å². The molecule has 7 heteroatoms. The summed E-state index contributed by atoms with van der Waals surface area (Å²) in [5, 5.41) is 10.9. The van der Waals surface area contributed by atoms with Crippen LogP contribution >= 0.6 is 0 Å². The van der Waals surface area contributed by atoms with Crippen LogP contribution in [0, 0.1) is 17.5 Å². The third-order valence-electron chi connectivity index (χ3n) is 3.13. The molecule has 21 heavy (non-hydrogen) atoms. The zero-order valence-corrected chi connectivity index (χ0v) is 11.9. The van der Waals surface area contributed by atoms with E-state index in [2.05, 4.69) is 15.6 Å². The maximum Gasteiger partial charge on any atom is 0.194 e. The molecule has 1 unspecified atom stereocenters. The third kappa shape index (κ3) is 3.24. The highest BCUT2D eigenvalue weighted by atomic mass is 19.2. The largest absolute Gasteiger partial charge is 0.305 e. The van der Waals surface area contributed by atoms with E-state index in [1.54, 1.807) is 10.9 Å². The highest BCUT2D eigenvalue weighted by Crippen LogP contribution is 2.24. The molecule has 1 heterocycles. The van der Waals surface area contributed by atoms with Crippen LogP contribution in [0.15, 0.2) is 18.3 Å². The van der Waals surface area contributed by atoms with E-state index in [0.717, 1.165) is 18.6 Å². The van der Waals surface area contributed by atoms with Crippen molar-refractivity contribution < 1.29 is 13.2 Å². The Morgan fingerprint density at radius 3 is 2.43 bits per heavy atom. The number of benzene rings is 1. The van der Waals surface area contributed by atoms with Crippen molar-refractivity contribution in [2.45, 2.75) is 32.9 Å². The number of nitrogens with zero attached hydrogens (tertiary/aromatic N) is 3. The molecule has 1 atom stereocenters. The number of rotatable bonds is 6. The van der Waals surface area contributed by atoms with Gasteiger partial charge < -0.3 is 5.32 Å². The molecule has 0 radical (unpaired) electrons. The lowest BCUT2D eigenvalue weighted by atomic mass is 10.0. The Hall–Kier alpha value is -1.89. The van der Waals surface area contributed by atoms with Crippen LogP contribution in [0.5, 0.6) is 0 Å². The van der Waals surface area contributed by atoms with E-state index >= 15 is 0 Å². The van der Waals surface area contributed by atoms with Gasteiger partial charge in [-0.3, -0.25) is 0 Å². The minimum absolute atomic E-state index is 0.299. The maximum atomic E-state index is 13.5. The summed E-state index contributed by atoms with van der Waals surface area (Å²) in [6, 6.07) is 1.49. The number of hydrogen-bond donors (Lipinski definition) is 1. The smallest absolute Gasteiger partial charge is 0.194 e. The van der Waals surface area contributed by atoms with E-state index in [0.29, 0.717) is 24.3 Å². The molecule has 0 spiro atoms.